The lowest BCUT2D eigenvalue weighted by molar-refractivity contribution is 0.598. The molecule has 0 atom stereocenters. The molecule has 0 fully saturated rings. The van der Waals surface area contributed by atoms with Gasteiger partial charge in [-0.3, -0.25) is 0 Å². The number of sulfonamides is 1. The molecule has 2 rings (SSSR count). The first-order valence-electron chi connectivity index (χ1n) is 4.68. The van der Waals surface area contributed by atoms with Crippen LogP contribution in [0.15, 0.2) is 34.5 Å². The molecule has 1 heterocycles. The van der Waals surface area contributed by atoms with Crippen molar-refractivity contribution in [3.8, 4) is 0 Å². The van der Waals surface area contributed by atoms with Gasteiger partial charge in [-0.1, -0.05) is 10.6 Å². The lowest BCUT2D eigenvalue weighted by atomic mass is 10.3. The minimum Gasteiger partial charge on any atom is -0.379 e. The lowest BCUT2D eigenvalue weighted by Crippen LogP contribution is -2.12. The van der Waals surface area contributed by atoms with Gasteiger partial charge in [-0.25, -0.2) is 13.6 Å². The number of primary sulfonamides is 1. The standard InChI is InChI=1S/C9H10N4O2S2/c10-17(14,15)9-3-1-2-7(4-9)11-5-8-6-16-13-12-8/h1-4,6,11H,5H2,(H2,10,14,15). The van der Waals surface area contributed by atoms with Crippen LogP contribution in [0.25, 0.3) is 0 Å². The van der Waals surface area contributed by atoms with E-state index in [-0.39, 0.29) is 4.90 Å². The summed E-state index contributed by atoms with van der Waals surface area (Å²) in [6, 6.07) is 6.32. The molecule has 3 N–H and O–H groups in total. The largest absolute Gasteiger partial charge is 0.379 e. The fourth-order valence-corrected chi connectivity index (χ4v) is 2.25. The first-order valence-corrected chi connectivity index (χ1v) is 7.07. The van der Waals surface area contributed by atoms with Crippen LogP contribution in [0.1, 0.15) is 5.69 Å². The Morgan fingerprint density at radius 1 is 1.41 bits per heavy atom. The number of nitrogens with one attached hydrogen (secondary N) is 1. The van der Waals surface area contributed by atoms with Crippen molar-refractivity contribution in [2.75, 3.05) is 5.32 Å². The van der Waals surface area contributed by atoms with Gasteiger partial charge in [0.2, 0.25) is 10.0 Å². The van der Waals surface area contributed by atoms with Crippen LogP contribution in [0.3, 0.4) is 0 Å². The van der Waals surface area contributed by atoms with E-state index < -0.39 is 10.0 Å². The quantitative estimate of drug-likeness (QED) is 0.856. The summed E-state index contributed by atoms with van der Waals surface area (Å²) < 4.78 is 26.0. The van der Waals surface area contributed by atoms with Crippen LogP contribution in [-0.4, -0.2) is 18.0 Å². The van der Waals surface area contributed by atoms with Gasteiger partial charge in [0.25, 0.3) is 0 Å². The molecule has 8 heteroatoms. The van der Waals surface area contributed by atoms with Gasteiger partial charge in [-0.05, 0) is 29.7 Å². The molecule has 6 nitrogen and oxygen atoms in total. The zero-order chi connectivity index (χ0) is 12.3. The third-order valence-electron chi connectivity index (χ3n) is 2.04. The molecule has 1 aromatic heterocycles. The predicted octanol–water partition coefficient (Wildman–Crippen LogP) is 0.798. The molecular weight excluding hydrogens is 260 g/mol. The van der Waals surface area contributed by atoms with Crippen molar-refractivity contribution in [3.05, 3.63) is 35.3 Å². The maximum Gasteiger partial charge on any atom is 0.238 e. The highest BCUT2D eigenvalue weighted by Gasteiger charge is 2.07. The Hall–Kier alpha value is -1.51. The summed E-state index contributed by atoms with van der Waals surface area (Å²) in [7, 11) is -3.66. The Labute approximate surface area is 103 Å². The van der Waals surface area contributed by atoms with E-state index in [9.17, 15) is 8.42 Å². The van der Waals surface area contributed by atoms with Crippen LogP contribution in [0, 0.1) is 0 Å². The Kier molecular flexibility index (Phi) is 3.36. The predicted molar refractivity (Wildman–Crippen MR) is 65.1 cm³/mol. The average molecular weight is 270 g/mol. The molecule has 0 radical (unpaired) electrons. The molecule has 0 aliphatic carbocycles. The number of nitrogens with zero attached hydrogens (tertiary/aromatic N) is 2. The molecule has 0 spiro atoms. The van der Waals surface area contributed by atoms with Crippen molar-refractivity contribution in [3.63, 3.8) is 0 Å². The highest BCUT2D eigenvalue weighted by molar-refractivity contribution is 7.89. The summed E-state index contributed by atoms with van der Waals surface area (Å²) in [6.45, 7) is 0.491. The highest BCUT2D eigenvalue weighted by atomic mass is 32.2. The maximum absolute atomic E-state index is 11.1. The third kappa shape index (κ3) is 3.22. The van der Waals surface area contributed by atoms with Gasteiger partial charge in [0.1, 0.15) is 0 Å². The van der Waals surface area contributed by atoms with Crippen LogP contribution in [0.5, 0.6) is 0 Å². The fraction of sp³-hybridized carbons (Fsp3) is 0.111. The molecule has 1 aromatic carbocycles. The van der Waals surface area contributed by atoms with Crippen molar-refractivity contribution in [2.24, 2.45) is 5.14 Å². The zero-order valence-electron chi connectivity index (χ0n) is 8.70. The monoisotopic (exact) mass is 270 g/mol. The molecular formula is C9H10N4O2S2. The van der Waals surface area contributed by atoms with Crippen LogP contribution < -0.4 is 10.5 Å². The number of benzene rings is 1. The second-order valence-electron chi connectivity index (χ2n) is 3.32. The van der Waals surface area contributed by atoms with Crippen LogP contribution in [0.4, 0.5) is 5.69 Å². The van der Waals surface area contributed by atoms with Crippen molar-refractivity contribution >= 4 is 27.2 Å². The SMILES string of the molecule is NS(=O)(=O)c1cccc(NCc2csnn2)c1. The zero-order valence-corrected chi connectivity index (χ0v) is 10.3. The molecule has 90 valence electrons. The van der Waals surface area contributed by atoms with Gasteiger partial charge >= 0.3 is 0 Å². The topological polar surface area (TPSA) is 98.0 Å². The third-order valence-corrected chi connectivity index (χ3v) is 3.51. The first kappa shape index (κ1) is 12.0. The van der Waals surface area contributed by atoms with E-state index in [2.05, 4.69) is 14.9 Å². The van der Waals surface area contributed by atoms with E-state index in [1.807, 2.05) is 5.38 Å². The van der Waals surface area contributed by atoms with Crippen LogP contribution >= 0.6 is 11.5 Å². The van der Waals surface area contributed by atoms with E-state index in [1.54, 1.807) is 12.1 Å². The number of nitrogens with two attached hydrogens (primary N) is 1. The van der Waals surface area contributed by atoms with Gasteiger partial charge in [-0.15, -0.1) is 5.10 Å². The summed E-state index contributed by atoms with van der Waals surface area (Å²) in [5.74, 6) is 0. The second kappa shape index (κ2) is 4.78. The van der Waals surface area contributed by atoms with Gasteiger partial charge < -0.3 is 5.32 Å². The summed E-state index contributed by atoms with van der Waals surface area (Å²) >= 11 is 1.27. The number of rotatable bonds is 4. The second-order valence-corrected chi connectivity index (χ2v) is 5.49. The van der Waals surface area contributed by atoms with E-state index in [1.165, 1.54) is 23.7 Å². The Morgan fingerprint density at radius 2 is 2.24 bits per heavy atom. The Bertz CT molecular complexity index is 595. The molecule has 0 saturated carbocycles. The minimum atomic E-state index is -3.66. The number of hydrogen-bond donors (Lipinski definition) is 2. The molecule has 0 aliphatic heterocycles. The molecule has 0 amide bonds. The minimum absolute atomic E-state index is 0.0823. The maximum atomic E-state index is 11.1. The smallest absolute Gasteiger partial charge is 0.238 e. The molecule has 2 aromatic rings. The summed E-state index contributed by atoms with van der Waals surface area (Å²) in [4.78, 5) is 0.0823. The van der Waals surface area contributed by atoms with E-state index in [0.717, 1.165) is 5.69 Å². The normalized spacial score (nSPS) is 11.4. The number of aromatic nitrogens is 2. The average Bonchev–Trinajstić information content (AvgIpc) is 2.78. The fourth-order valence-electron chi connectivity index (χ4n) is 1.24. The summed E-state index contributed by atoms with van der Waals surface area (Å²) in [5, 5.41) is 13.8. The van der Waals surface area contributed by atoms with E-state index in [4.69, 9.17) is 5.14 Å². The highest BCUT2D eigenvalue weighted by Crippen LogP contribution is 2.14. The Morgan fingerprint density at radius 3 is 2.88 bits per heavy atom. The molecule has 0 bridgehead atoms. The molecule has 0 saturated heterocycles. The van der Waals surface area contributed by atoms with Crippen molar-refractivity contribution in [2.45, 2.75) is 11.4 Å². The van der Waals surface area contributed by atoms with Crippen LogP contribution in [-0.2, 0) is 16.6 Å². The molecule has 17 heavy (non-hydrogen) atoms. The summed E-state index contributed by atoms with van der Waals surface area (Å²) in [6.07, 6.45) is 0. The van der Waals surface area contributed by atoms with Gasteiger partial charge in [0.15, 0.2) is 0 Å². The van der Waals surface area contributed by atoms with Crippen molar-refractivity contribution in [1.29, 1.82) is 0 Å². The van der Waals surface area contributed by atoms with Gasteiger partial charge in [0.05, 0.1) is 17.1 Å². The van der Waals surface area contributed by atoms with Crippen molar-refractivity contribution in [1.82, 2.24) is 9.59 Å². The number of anilines is 1. The summed E-state index contributed by atoms with van der Waals surface area (Å²) in [5.41, 5.74) is 1.47. The Balaban J connectivity index is 2.12. The molecule has 0 aliphatic rings. The number of hydrogen-bond acceptors (Lipinski definition) is 6. The van der Waals surface area contributed by atoms with Gasteiger partial charge in [0, 0.05) is 11.1 Å². The van der Waals surface area contributed by atoms with Crippen LogP contribution in [0.2, 0.25) is 0 Å². The lowest BCUT2D eigenvalue weighted by Gasteiger charge is -2.05. The van der Waals surface area contributed by atoms with E-state index >= 15 is 0 Å². The van der Waals surface area contributed by atoms with E-state index in [0.29, 0.717) is 12.2 Å². The first-order chi connectivity index (χ1) is 8.05. The van der Waals surface area contributed by atoms with Crippen molar-refractivity contribution < 1.29 is 8.42 Å². The molecule has 0 unspecified atom stereocenters. The van der Waals surface area contributed by atoms with Gasteiger partial charge in [-0.2, -0.15) is 0 Å².